The second-order valence-electron chi connectivity index (χ2n) is 6.21. The van der Waals surface area contributed by atoms with E-state index < -0.39 is 0 Å². The Morgan fingerprint density at radius 2 is 1.93 bits per heavy atom. The molecular formula is C21H22ClN3O3. The van der Waals surface area contributed by atoms with Crippen molar-refractivity contribution in [2.24, 2.45) is 0 Å². The molecule has 0 bridgehead atoms. The molecule has 0 aliphatic carbocycles. The molecule has 1 N–H and O–H groups in total. The number of carbonyl (C=O) groups is 1. The topological polar surface area (TPSA) is 65.4 Å². The summed E-state index contributed by atoms with van der Waals surface area (Å²) in [6.45, 7) is 1.02. The lowest BCUT2D eigenvalue weighted by Crippen LogP contribution is -2.25. The van der Waals surface area contributed by atoms with Crippen LogP contribution in [0, 0.1) is 0 Å². The van der Waals surface area contributed by atoms with Crippen LogP contribution in [0.5, 0.6) is 11.5 Å². The van der Waals surface area contributed by atoms with Gasteiger partial charge >= 0.3 is 0 Å². The highest BCUT2D eigenvalue weighted by molar-refractivity contribution is 6.31. The van der Waals surface area contributed by atoms with E-state index in [1.807, 2.05) is 42.5 Å². The van der Waals surface area contributed by atoms with E-state index in [9.17, 15) is 4.79 Å². The number of nitrogens with zero attached hydrogens (tertiary/aromatic N) is 2. The van der Waals surface area contributed by atoms with Crippen LogP contribution in [0.15, 0.2) is 54.9 Å². The number of hydrogen-bond acceptors (Lipinski definition) is 4. The monoisotopic (exact) mass is 399 g/mol. The molecule has 0 aliphatic heterocycles. The van der Waals surface area contributed by atoms with E-state index in [-0.39, 0.29) is 5.91 Å². The van der Waals surface area contributed by atoms with Gasteiger partial charge in [-0.2, -0.15) is 5.10 Å². The highest BCUT2D eigenvalue weighted by atomic mass is 35.5. The van der Waals surface area contributed by atoms with Crippen LogP contribution in [0.25, 0.3) is 0 Å². The van der Waals surface area contributed by atoms with E-state index in [1.165, 1.54) is 0 Å². The summed E-state index contributed by atoms with van der Waals surface area (Å²) < 4.78 is 12.2. The van der Waals surface area contributed by atoms with Gasteiger partial charge in [0, 0.05) is 17.8 Å². The van der Waals surface area contributed by atoms with Gasteiger partial charge in [-0.15, -0.1) is 0 Å². The summed E-state index contributed by atoms with van der Waals surface area (Å²) in [7, 11) is 3.20. The Hall–Kier alpha value is -2.99. The van der Waals surface area contributed by atoms with Crippen molar-refractivity contribution in [2.75, 3.05) is 20.8 Å². The summed E-state index contributed by atoms with van der Waals surface area (Å²) in [6, 6.07) is 13.3. The zero-order chi connectivity index (χ0) is 19.9. The van der Waals surface area contributed by atoms with Gasteiger partial charge in [0.25, 0.3) is 5.91 Å². The van der Waals surface area contributed by atoms with Crippen molar-refractivity contribution >= 4 is 17.5 Å². The average Bonchev–Trinajstić information content (AvgIpc) is 3.18. The molecule has 0 fully saturated rings. The first-order valence-corrected chi connectivity index (χ1v) is 9.23. The maximum atomic E-state index is 12.4. The fourth-order valence-corrected chi connectivity index (χ4v) is 3.02. The van der Waals surface area contributed by atoms with Crippen molar-refractivity contribution < 1.29 is 14.3 Å². The van der Waals surface area contributed by atoms with Crippen molar-refractivity contribution in [1.29, 1.82) is 0 Å². The van der Waals surface area contributed by atoms with Gasteiger partial charge in [-0.05, 0) is 35.7 Å². The first kappa shape index (κ1) is 19.8. The lowest BCUT2D eigenvalue weighted by Gasteiger charge is -2.10. The Morgan fingerprint density at radius 3 is 2.68 bits per heavy atom. The highest BCUT2D eigenvalue weighted by Gasteiger charge is 2.10. The number of amides is 1. The van der Waals surface area contributed by atoms with E-state index in [0.717, 1.165) is 11.1 Å². The maximum absolute atomic E-state index is 12.4. The van der Waals surface area contributed by atoms with Crippen molar-refractivity contribution in [1.82, 2.24) is 15.1 Å². The molecule has 3 rings (SSSR count). The summed E-state index contributed by atoms with van der Waals surface area (Å²) in [4.78, 5) is 12.4. The molecule has 146 valence electrons. The van der Waals surface area contributed by atoms with Crippen LogP contribution in [0.2, 0.25) is 5.02 Å². The molecule has 7 heteroatoms. The summed E-state index contributed by atoms with van der Waals surface area (Å²) in [5.41, 5.74) is 2.51. The third kappa shape index (κ3) is 4.84. The quantitative estimate of drug-likeness (QED) is 0.628. The van der Waals surface area contributed by atoms with Gasteiger partial charge in [-0.1, -0.05) is 35.9 Å². The first-order valence-electron chi connectivity index (χ1n) is 8.85. The van der Waals surface area contributed by atoms with Crippen molar-refractivity contribution in [2.45, 2.75) is 13.0 Å². The first-order chi connectivity index (χ1) is 13.6. The number of hydrogen-bond donors (Lipinski definition) is 1. The molecule has 0 radical (unpaired) electrons. The minimum Gasteiger partial charge on any atom is -0.493 e. The van der Waals surface area contributed by atoms with E-state index in [2.05, 4.69) is 10.4 Å². The molecule has 28 heavy (non-hydrogen) atoms. The minimum atomic E-state index is -0.161. The molecule has 1 amide bonds. The van der Waals surface area contributed by atoms with Gasteiger partial charge in [0.15, 0.2) is 11.5 Å². The average molecular weight is 400 g/mol. The Morgan fingerprint density at radius 1 is 1.14 bits per heavy atom. The summed E-state index contributed by atoms with van der Waals surface area (Å²) in [5.74, 6) is 1.19. The third-order valence-electron chi connectivity index (χ3n) is 4.33. The Kier molecular flexibility index (Phi) is 6.55. The number of halogens is 1. The van der Waals surface area contributed by atoms with Crippen LogP contribution in [-0.4, -0.2) is 36.5 Å². The minimum absolute atomic E-state index is 0.161. The molecule has 6 nitrogen and oxygen atoms in total. The Balaban J connectivity index is 1.54. The van der Waals surface area contributed by atoms with Gasteiger partial charge in [0.1, 0.15) is 0 Å². The van der Waals surface area contributed by atoms with Crippen LogP contribution >= 0.6 is 11.6 Å². The van der Waals surface area contributed by atoms with E-state index >= 15 is 0 Å². The van der Waals surface area contributed by atoms with Crippen molar-refractivity contribution in [3.05, 3.63) is 76.6 Å². The second-order valence-corrected chi connectivity index (χ2v) is 6.62. The normalized spacial score (nSPS) is 10.5. The summed E-state index contributed by atoms with van der Waals surface area (Å²) in [5, 5.41) is 7.84. The van der Waals surface area contributed by atoms with Crippen LogP contribution in [0.4, 0.5) is 0 Å². The van der Waals surface area contributed by atoms with E-state index in [1.54, 1.807) is 31.3 Å². The smallest absolute Gasteiger partial charge is 0.254 e. The molecule has 0 unspecified atom stereocenters. The van der Waals surface area contributed by atoms with Gasteiger partial charge in [-0.25, -0.2) is 0 Å². The van der Waals surface area contributed by atoms with Gasteiger partial charge < -0.3 is 14.8 Å². The SMILES string of the molecule is COc1ccc(CCNC(=O)c2cnn(Cc3ccccc3Cl)c2)cc1OC. The Bertz CT molecular complexity index is 956. The van der Waals surface area contributed by atoms with Gasteiger partial charge in [-0.3, -0.25) is 9.48 Å². The standard InChI is InChI=1S/C21H22ClN3O3/c1-27-19-8-7-15(11-20(19)28-2)9-10-23-21(26)17-12-24-25(14-17)13-16-5-3-4-6-18(16)22/h3-8,11-12,14H,9-10,13H2,1-2H3,(H,23,26). The van der Waals surface area contributed by atoms with Crippen LogP contribution in [-0.2, 0) is 13.0 Å². The number of carbonyl (C=O) groups excluding carboxylic acids is 1. The molecule has 3 aromatic rings. The number of methoxy groups -OCH3 is 2. The van der Waals surface area contributed by atoms with Crippen LogP contribution in [0.3, 0.4) is 0 Å². The third-order valence-corrected chi connectivity index (χ3v) is 4.70. The number of aromatic nitrogens is 2. The molecule has 2 aromatic carbocycles. The Labute approximate surface area is 169 Å². The fraction of sp³-hybridized carbons (Fsp3) is 0.238. The number of benzene rings is 2. The number of ether oxygens (including phenoxy) is 2. The highest BCUT2D eigenvalue weighted by Crippen LogP contribution is 2.27. The van der Waals surface area contributed by atoms with Crippen molar-refractivity contribution in [3.63, 3.8) is 0 Å². The lowest BCUT2D eigenvalue weighted by atomic mass is 10.1. The predicted octanol–water partition coefficient (Wildman–Crippen LogP) is 3.57. The zero-order valence-corrected chi connectivity index (χ0v) is 16.6. The molecule has 0 atom stereocenters. The zero-order valence-electron chi connectivity index (χ0n) is 15.8. The largest absolute Gasteiger partial charge is 0.493 e. The molecule has 0 spiro atoms. The number of nitrogens with one attached hydrogen (secondary N) is 1. The predicted molar refractivity (Wildman–Crippen MR) is 108 cm³/mol. The summed E-state index contributed by atoms with van der Waals surface area (Å²) in [6.07, 6.45) is 3.96. The second kappa shape index (κ2) is 9.28. The molecule has 1 heterocycles. The molecule has 0 saturated carbocycles. The van der Waals surface area contributed by atoms with E-state index in [0.29, 0.717) is 41.6 Å². The molecule has 0 saturated heterocycles. The maximum Gasteiger partial charge on any atom is 0.254 e. The van der Waals surface area contributed by atoms with Gasteiger partial charge in [0.2, 0.25) is 0 Å². The molecular weight excluding hydrogens is 378 g/mol. The van der Waals surface area contributed by atoms with Gasteiger partial charge in [0.05, 0.1) is 32.5 Å². The van der Waals surface area contributed by atoms with E-state index in [4.69, 9.17) is 21.1 Å². The fourth-order valence-electron chi connectivity index (χ4n) is 2.83. The lowest BCUT2D eigenvalue weighted by molar-refractivity contribution is 0.0954. The number of rotatable bonds is 8. The molecule has 0 aliphatic rings. The molecule has 1 aromatic heterocycles. The van der Waals surface area contributed by atoms with Crippen LogP contribution in [0.1, 0.15) is 21.5 Å². The summed E-state index contributed by atoms with van der Waals surface area (Å²) >= 11 is 6.17. The van der Waals surface area contributed by atoms with Crippen molar-refractivity contribution in [3.8, 4) is 11.5 Å². The van der Waals surface area contributed by atoms with Crippen LogP contribution < -0.4 is 14.8 Å².